The molecule has 7 heteroatoms. The predicted octanol–water partition coefficient (Wildman–Crippen LogP) is 3.98. The number of halogens is 2. The Kier molecular flexibility index (Phi) is 4.34. The third-order valence-electron chi connectivity index (χ3n) is 2.30. The first-order valence-corrected chi connectivity index (χ1v) is 6.41. The van der Waals surface area contributed by atoms with Crippen LogP contribution in [0.2, 0.25) is 5.15 Å². The molecule has 5 nitrogen and oxygen atoms in total. The maximum Gasteiger partial charge on any atom is 0.277 e. The van der Waals surface area contributed by atoms with E-state index in [1.807, 2.05) is 24.3 Å². The lowest BCUT2D eigenvalue weighted by Crippen LogP contribution is -1.99. The average Bonchev–Trinajstić information content (AvgIpc) is 2.37. The van der Waals surface area contributed by atoms with Crippen LogP contribution in [-0.2, 0) is 6.61 Å². The fraction of sp³-hybridized carbons (Fsp3) is 0.0833. The minimum Gasteiger partial charge on any atom is -0.473 e. The van der Waals surface area contributed by atoms with Crippen molar-refractivity contribution in [3.05, 3.63) is 61.7 Å². The van der Waals surface area contributed by atoms with Gasteiger partial charge >= 0.3 is 0 Å². The Hall–Kier alpha value is -1.66. The summed E-state index contributed by atoms with van der Waals surface area (Å²) in [6.07, 6.45) is 0. The molecule has 0 spiro atoms. The summed E-state index contributed by atoms with van der Waals surface area (Å²) in [6.45, 7) is 0.242. The van der Waals surface area contributed by atoms with Crippen molar-refractivity contribution in [2.45, 2.75) is 6.61 Å². The first kappa shape index (κ1) is 13.8. The molecular formula is C12H8BrClN2O3. The number of benzene rings is 1. The normalized spacial score (nSPS) is 10.2. The van der Waals surface area contributed by atoms with Crippen LogP contribution in [0.15, 0.2) is 40.9 Å². The molecule has 0 amide bonds. The second-order valence-corrected chi connectivity index (χ2v) is 4.87. The Morgan fingerprint density at radius 2 is 2.11 bits per heavy atom. The third kappa shape index (κ3) is 3.65. The van der Waals surface area contributed by atoms with Crippen LogP contribution in [0.5, 0.6) is 5.88 Å². The first-order chi connectivity index (χ1) is 9.06. The number of hydrogen-bond acceptors (Lipinski definition) is 4. The van der Waals surface area contributed by atoms with Crippen LogP contribution in [-0.4, -0.2) is 9.91 Å². The van der Waals surface area contributed by atoms with Gasteiger partial charge in [0.1, 0.15) is 11.8 Å². The zero-order chi connectivity index (χ0) is 13.8. The lowest BCUT2D eigenvalue weighted by atomic mass is 10.2. The molecule has 1 aromatic heterocycles. The van der Waals surface area contributed by atoms with Crippen LogP contribution >= 0.6 is 27.5 Å². The van der Waals surface area contributed by atoms with Gasteiger partial charge in [0, 0.05) is 10.0 Å². The molecule has 98 valence electrons. The summed E-state index contributed by atoms with van der Waals surface area (Å²) in [7, 11) is 0. The lowest BCUT2D eigenvalue weighted by Gasteiger charge is -2.07. The molecule has 1 aromatic carbocycles. The van der Waals surface area contributed by atoms with Gasteiger partial charge in [-0.15, -0.1) is 0 Å². The Morgan fingerprint density at radius 3 is 2.79 bits per heavy atom. The fourth-order valence-electron chi connectivity index (χ4n) is 1.41. The fourth-order valence-corrected chi connectivity index (χ4v) is 2.00. The topological polar surface area (TPSA) is 65.3 Å². The molecule has 0 aliphatic heterocycles. The SMILES string of the molecule is O=[N+]([O-])c1cc(Cl)nc(OCc2ccccc2Br)c1. The Labute approximate surface area is 122 Å². The van der Waals surface area contributed by atoms with E-state index in [1.165, 1.54) is 12.1 Å². The maximum absolute atomic E-state index is 10.7. The van der Waals surface area contributed by atoms with E-state index in [0.29, 0.717) is 0 Å². The van der Waals surface area contributed by atoms with Crippen LogP contribution in [0.3, 0.4) is 0 Å². The van der Waals surface area contributed by atoms with Gasteiger partial charge in [-0.25, -0.2) is 4.98 Å². The molecule has 0 atom stereocenters. The molecule has 19 heavy (non-hydrogen) atoms. The van der Waals surface area contributed by atoms with Crippen molar-refractivity contribution in [1.29, 1.82) is 0 Å². The quantitative estimate of drug-likeness (QED) is 0.478. The number of aromatic nitrogens is 1. The van der Waals surface area contributed by atoms with Crippen molar-refractivity contribution in [2.24, 2.45) is 0 Å². The number of ether oxygens (including phenoxy) is 1. The van der Waals surface area contributed by atoms with Crippen molar-refractivity contribution in [3.8, 4) is 5.88 Å². The van der Waals surface area contributed by atoms with E-state index in [2.05, 4.69) is 20.9 Å². The molecule has 1 heterocycles. The highest BCUT2D eigenvalue weighted by Gasteiger charge is 2.11. The first-order valence-electron chi connectivity index (χ1n) is 5.24. The summed E-state index contributed by atoms with van der Waals surface area (Å²) in [5.41, 5.74) is 0.758. The Bertz CT molecular complexity index is 622. The Morgan fingerprint density at radius 1 is 1.37 bits per heavy atom. The van der Waals surface area contributed by atoms with Crippen LogP contribution in [0.25, 0.3) is 0 Å². The van der Waals surface area contributed by atoms with Crippen molar-refractivity contribution >= 4 is 33.2 Å². The molecule has 0 saturated carbocycles. The summed E-state index contributed by atoms with van der Waals surface area (Å²) < 4.78 is 6.31. The van der Waals surface area contributed by atoms with Gasteiger partial charge in [-0.05, 0) is 6.07 Å². The highest BCUT2D eigenvalue weighted by Crippen LogP contribution is 2.23. The molecule has 0 radical (unpaired) electrons. The van der Waals surface area contributed by atoms with E-state index >= 15 is 0 Å². The highest BCUT2D eigenvalue weighted by molar-refractivity contribution is 9.10. The van der Waals surface area contributed by atoms with Crippen LogP contribution in [0.4, 0.5) is 5.69 Å². The summed E-state index contributed by atoms with van der Waals surface area (Å²) in [5, 5.41) is 10.7. The second-order valence-electron chi connectivity index (χ2n) is 3.62. The zero-order valence-corrected chi connectivity index (χ0v) is 11.9. The predicted molar refractivity (Wildman–Crippen MR) is 74.4 cm³/mol. The number of nitrogens with zero attached hydrogens (tertiary/aromatic N) is 2. The molecule has 2 aromatic rings. The molecular weight excluding hydrogens is 335 g/mol. The monoisotopic (exact) mass is 342 g/mol. The largest absolute Gasteiger partial charge is 0.473 e. The summed E-state index contributed by atoms with van der Waals surface area (Å²) >= 11 is 9.09. The lowest BCUT2D eigenvalue weighted by molar-refractivity contribution is -0.385. The molecule has 0 fully saturated rings. The molecule has 2 rings (SSSR count). The zero-order valence-electron chi connectivity index (χ0n) is 9.55. The van der Waals surface area contributed by atoms with Gasteiger partial charge in [0.15, 0.2) is 0 Å². The summed E-state index contributed by atoms with van der Waals surface area (Å²) in [4.78, 5) is 14.0. The Balaban J connectivity index is 2.16. The van der Waals surface area contributed by atoms with Crippen LogP contribution in [0.1, 0.15) is 5.56 Å². The van der Waals surface area contributed by atoms with Crippen molar-refractivity contribution in [3.63, 3.8) is 0 Å². The van der Waals surface area contributed by atoms with E-state index in [9.17, 15) is 10.1 Å². The van der Waals surface area contributed by atoms with Gasteiger partial charge in [-0.1, -0.05) is 45.7 Å². The van der Waals surface area contributed by atoms with Crippen molar-refractivity contribution < 1.29 is 9.66 Å². The summed E-state index contributed by atoms with van der Waals surface area (Å²) in [6, 6.07) is 9.93. The standard InChI is InChI=1S/C12H8BrClN2O3/c13-10-4-2-1-3-8(10)7-19-12-6-9(16(17)18)5-11(14)15-12/h1-6H,7H2. The molecule has 0 saturated heterocycles. The van der Waals surface area contributed by atoms with Gasteiger partial charge < -0.3 is 4.74 Å². The third-order valence-corrected chi connectivity index (χ3v) is 3.27. The summed E-state index contributed by atoms with van der Waals surface area (Å²) in [5.74, 6) is 0.120. The van der Waals surface area contributed by atoms with Crippen molar-refractivity contribution in [2.75, 3.05) is 0 Å². The number of rotatable bonds is 4. The number of hydrogen-bond donors (Lipinski definition) is 0. The molecule has 0 bridgehead atoms. The van der Waals surface area contributed by atoms with Crippen molar-refractivity contribution in [1.82, 2.24) is 4.98 Å². The average molecular weight is 344 g/mol. The van der Waals surface area contributed by atoms with Gasteiger partial charge in [0.05, 0.1) is 17.1 Å². The highest BCUT2D eigenvalue weighted by atomic mass is 79.9. The molecule has 0 unspecified atom stereocenters. The van der Waals surface area contributed by atoms with Gasteiger partial charge in [-0.3, -0.25) is 10.1 Å². The molecule has 0 N–H and O–H groups in total. The second kappa shape index (κ2) is 5.99. The molecule has 0 aliphatic rings. The minimum absolute atomic E-state index is 0.0244. The van der Waals surface area contributed by atoms with Gasteiger partial charge in [0.25, 0.3) is 5.69 Å². The van der Waals surface area contributed by atoms with Crippen LogP contribution in [0, 0.1) is 10.1 Å². The van der Waals surface area contributed by atoms with Gasteiger partial charge in [-0.2, -0.15) is 0 Å². The number of pyridine rings is 1. The van der Waals surface area contributed by atoms with E-state index in [4.69, 9.17) is 16.3 Å². The van der Waals surface area contributed by atoms with E-state index < -0.39 is 4.92 Å². The minimum atomic E-state index is -0.543. The molecule has 0 aliphatic carbocycles. The smallest absolute Gasteiger partial charge is 0.277 e. The number of nitro groups is 1. The van der Waals surface area contributed by atoms with E-state index in [1.54, 1.807) is 0 Å². The maximum atomic E-state index is 10.7. The van der Waals surface area contributed by atoms with Gasteiger partial charge in [0.2, 0.25) is 5.88 Å². The van der Waals surface area contributed by atoms with Crippen LogP contribution < -0.4 is 4.74 Å². The van der Waals surface area contributed by atoms with E-state index in [0.717, 1.165) is 10.0 Å². The van der Waals surface area contributed by atoms with E-state index in [-0.39, 0.29) is 23.3 Å².